The van der Waals surface area contributed by atoms with E-state index >= 15 is 0 Å². The fourth-order valence-corrected chi connectivity index (χ4v) is 3.92. The Kier molecular flexibility index (Phi) is 5.37. The van der Waals surface area contributed by atoms with Crippen LogP contribution in [-0.4, -0.2) is 22.5 Å². The summed E-state index contributed by atoms with van der Waals surface area (Å²) < 4.78 is 5.91. The summed E-state index contributed by atoms with van der Waals surface area (Å²) in [5.41, 5.74) is 3.23. The molecule has 1 fully saturated rings. The van der Waals surface area contributed by atoms with Crippen molar-refractivity contribution in [2.75, 3.05) is 6.61 Å². The minimum absolute atomic E-state index is 0.00122. The number of aromatic amines is 1. The summed E-state index contributed by atoms with van der Waals surface area (Å²) in [6, 6.07) is 11.6. The lowest BCUT2D eigenvalue weighted by Gasteiger charge is -2.21. The molecule has 1 saturated carbocycles. The molecule has 1 aliphatic carbocycles. The van der Waals surface area contributed by atoms with Gasteiger partial charge in [0.15, 0.2) is 6.61 Å². The van der Waals surface area contributed by atoms with Gasteiger partial charge in [-0.05, 0) is 48.6 Å². The number of benzene rings is 1. The predicted molar refractivity (Wildman–Crippen MR) is 106 cm³/mol. The number of fused-ring (bicyclic) bond motifs is 1. The Balaban J connectivity index is 1.43. The Morgan fingerprint density at radius 2 is 2.04 bits per heavy atom. The Morgan fingerprint density at radius 3 is 2.85 bits per heavy atom. The number of nitrogens with zero attached hydrogens (tertiary/aromatic N) is 1. The molecule has 0 saturated heterocycles. The van der Waals surface area contributed by atoms with E-state index in [2.05, 4.69) is 27.5 Å². The van der Waals surface area contributed by atoms with E-state index in [4.69, 9.17) is 4.74 Å². The number of pyridine rings is 1. The molecule has 27 heavy (non-hydrogen) atoms. The van der Waals surface area contributed by atoms with Crippen LogP contribution in [0.2, 0.25) is 0 Å². The number of carbonyl (C=O) groups is 1. The zero-order chi connectivity index (χ0) is 18.5. The maximum atomic E-state index is 12.2. The number of nitrogens with one attached hydrogen (secondary N) is 2. The van der Waals surface area contributed by atoms with Crippen molar-refractivity contribution in [1.29, 1.82) is 0 Å². The van der Waals surface area contributed by atoms with Gasteiger partial charge in [0.25, 0.3) is 5.91 Å². The van der Waals surface area contributed by atoms with Crippen molar-refractivity contribution in [2.45, 2.75) is 44.6 Å². The van der Waals surface area contributed by atoms with Crippen LogP contribution in [0.5, 0.6) is 5.75 Å². The van der Waals surface area contributed by atoms with Crippen LogP contribution in [0.1, 0.15) is 49.3 Å². The molecular weight excluding hydrogens is 338 g/mol. The first-order valence-electron chi connectivity index (χ1n) is 9.70. The van der Waals surface area contributed by atoms with E-state index in [1.807, 2.05) is 30.3 Å². The highest BCUT2D eigenvalue weighted by Crippen LogP contribution is 2.39. The number of H-pyrrole nitrogens is 1. The summed E-state index contributed by atoms with van der Waals surface area (Å²) in [5.74, 6) is 1.21. The molecule has 1 aliphatic rings. The highest BCUT2D eigenvalue weighted by molar-refractivity contribution is 5.90. The van der Waals surface area contributed by atoms with Crippen LogP contribution in [0.25, 0.3) is 10.9 Å². The second kappa shape index (κ2) is 8.25. The van der Waals surface area contributed by atoms with Gasteiger partial charge in [-0.25, -0.2) is 0 Å². The second-order valence-electron chi connectivity index (χ2n) is 7.14. The highest BCUT2D eigenvalue weighted by Gasteiger charge is 2.21. The van der Waals surface area contributed by atoms with Gasteiger partial charge in [0.2, 0.25) is 0 Å². The summed E-state index contributed by atoms with van der Waals surface area (Å²) in [6.07, 6.45) is 10.2. The van der Waals surface area contributed by atoms with E-state index in [0.29, 0.717) is 12.5 Å². The molecule has 0 spiro atoms. The maximum Gasteiger partial charge on any atom is 0.258 e. The van der Waals surface area contributed by atoms with Crippen LogP contribution in [0, 0.1) is 0 Å². The fraction of sp³-hybridized carbons (Fsp3) is 0.364. The van der Waals surface area contributed by atoms with Crippen molar-refractivity contribution in [1.82, 2.24) is 15.3 Å². The molecule has 1 aromatic carbocycles. The molecule has 1 amide bonds. The number of aromatic nitrogens is 2. The lowest BCUT2D eigenvalue weighted by atomic mass is 9.84. The van der Waals surface area contributed by atoms with E-state index in [9.17, 15) is 4.79 Å². The average molecular weight is 363 g/mol. The van der Waals surface area contributed by atoms with Crippen molar-refractivity contribution >= 4 is 16.8 Å². The number of hydrogen-bond donors (Lipinski definition) is 2. The van der Waals surface area contributed by atoms with Crippen LogP contribution >= 0.6 is 0 Å². The largest absolute Gasteiger partial charge is 0.483 e. The van der Waals surface area contributed by atoms with Gasteiger partial charge in [-0.1, -0.05) is 31.4 Å². The van der Waals surface area contributed by atoms with Crippen molar-refractivity contribution in [2.24, 2.45) is 0 Å². The van der Waals surface area contributed by atoms with Crippen molar-refractivity contribution < 1.29 is 9.53 Å². The van der Waals surface area contributed by atoms with E-state index < -0.39 is 0 Å². The topological polar surface area (TPSA) is 67.0 Å². The third kappa shape index (κ3) is 4.13. The molecule has 4 rings (SSSR count). The minimum atomic E-state index is -0.146. The Bertz CT molecular complexity index is 898. The second-order valence-corrected chi connectivity index (χ2v) is 7.14. The third-order valence-electron chi connectivity index (χ3n) is 5.29. The van der Waals surface area contributed by atoms with Gasteiger partial charge in [-0.15, -0.1) is 0 Å². The molecule has 0 bridgehead atoms. The molecule has 0 atom stereocenters. The van der Waals surface area contributed by atoms with Gasteiger partial charge in [0, 0.05) is 23.3 Å². The molecule has 0 radical (unpaired) electrons. The lowest BCUT2D eigenvalue weighted by Crippen LogP contribution is -2.28. The Labute approximate surface area is 159 Å². The van der Waals surface area contributed by atoms with Crippen LogP contribution in [0.3, 0.4) is 0 Å². The normalized spacial score (nSPS) is 15.0. The first-order valence-corrected chi connectivity index (χ1v) is 9.70. The van der Waals surface area contributed by atoms with E-state index in [-0.39, 0.29) is 12.5 Å². The zero-order valence-electron chi connectivity index (χ0n) is 15.4. The van der Waals surface area contributed by atoms with Crippen LogP contribution in [0.4, 0.5) is 0 Å². The molecule has 2 aromatic heterocycles. The Hall–Kier alpha value is -2.82. The number of carbonyl (C=O) groups excluding carboxylic acids is 1. The number of ether oxygens (including phenoxy) is 1. The molecule has 2 N–H and O–H groups in total. The van der Waals surface area contributed by atoms with Crippen molar-refractivity contribution in [3.8, 4) is 5.75 Å². The molecule has 5 nitrogen and oxygen atoms in total. The predicted octanol–water partition coefficient (Wildman–Crippen LogP) is 4.31. The van der Waals surface area contributed by atoms with E-state index in [1.54, 1.807) is 6.20 Å². The van der Waals surface area contributed by atoms with E-state index in [1.165, 1.54) is 37.7 Å². The summed E-state index contributed by atoms with van der Waals surface area (Å²) in [5, 5.41) is 3.98. The number of rotatable bonds is 6. The van der Waals surface area contributed by atoms with Gasteiger partial charge >= 0.3 is 0 Å². The fourth-order valence-electron chi connectivity index (χ4n) is 3.92. The molecule has 0 unspecified atom stereocenters. The van der Waals surface area contributed by atoms with Gasteiger partial charge in [0.1, 0.15) is 5.75 Å². The summed E-state index contributed by atoms with van der Waals surface area (Å²) in [4.78, 5) is 19.8. The molecular formula is C22H25N3O2. The van der Waals surface area contributed by atoms with Crippen molar-refractivity contribution in [3.63, 3.8) is 0 Å². The quantitative estimate of drug-likeness (QED) is 0.686. The first-order chi connectivity index (χ1) is 13.3. The standard InChI is InChI=1S/C22H25N3O2/c26-21(25-13-17-9-4-5-12-23-17)15-27-20-11-6-10-19-22(20)18(14-24-19)16-7-2-1-3-8-16/h4-6,9-12,14,16,24H,1-3,7-8,13,15H2,(H,25,26). The zero-order valence-corrected chi connectivity index (χ0v) is 15.4. The van der Waals surface area contributed by atoms with Crippen LogP contribution in [0.15, 0.2) is 48.8 Å². The number of amides is 1. The van der Waals surface area contributed by atoms with Crippen LogP contribution in [-0.2, 0) is 11.3 Å². The van der Waals surface area contributed by atoms with Gasteiger partial charge in [-0.2, -0.15) is 0 Å². The minimum Gasteiger partial charge on any atom is -0.483 e. The van der Waals surface area contributed by atoms with Gasteiger partial charge in [-0.3, -0.25) is 9.78 Å². The molecule has 0 aliphatic heterocycles. The lowest BCUT2D eigenvalue weighted by molar-refractivity contribution is -0.123. The first kappa shape index (κ1) is 17.6. The van der Waals surface area contributed by atoms with Gasteiger partial charge < -0.3 is 15.0 Å². The summed E-state index contributed by atoms with van der Waals surface area (Å²) >= 11 is 0. The number of hydrogen-bond acceptors (Lipinski definition) is 3. The van der Waals surface area contributed by atoms with Crippen molar-refractivity contribution in [3.05, 3.63) is 60.0 Å². The molecule has 140 valence electrons. The SMILES string of the molecule is O=C(COc1cccc2[nH]cc(C3CCCCC3)c12)NCc1ccccn1. The summed E-state index contributed by atoms with van der Waals surface area (Å²) in [7, 11) is 0. The van der Waals surface area contributed by atoms with E-state index in [0.717, 1.165) is 22.3 Å². The monoisotopic (exact) mass is 363 g/mol. The molecule has 5 heteroatoms. The molecule has 2 heterocycles. The third-order valence-corrected chi connectivity index (χ3v) is 5.29. The van der Waals surface area contributed by atoms with Gasteiger partial charge in [0.05, 0.1) is 12.2 Å². The maximum absolute atomic E-state index is 12.2. The van der Waals surface area contributed by atoms with Crippen LogP contribution < -0.4 is 10.1 Å². The Morgan fingerprint density at radius 1 is 1.15 bits per heavy atom. The highest BCUT2D eigenvalue weighted by atomic mass is 16.5. The summed E-state index contributed by atoms with van der Waals surface area (Å²) in [6.45, 7) is 0.409. The average Bonchev–Trinajstić information content (AvgIpc) is 3.17. The smallest absolute Gasteiger partial charge is 0.258 e. The molecule has 3 aromatic rings.